The van der Waals surface area contributed by atoms with Crippen LogP contribution in [-0.4, -0.2) is 29.9 Å². The third-order valence-corrected chi connectivity index (χ3v) is 2.26. The number of hydrogen-bond acceptors (Lipinski definition) is 4. The first kappa shape index (κ1) is 15.0. The highest BCUT2D eigenvalue weighted by molar-refractivity contribution is 5.96. The lowest BCUT2D eigenvalue weighted by molar-refractivity contribution is 0.0588. The number of amides is 2. The molecule has 0 aliphatic carbocycles. The summed E-state index contributed by atoms with van der Waals surface area (Å²) >= 11 is 0. The second-order valence-electron chi connectivity index (χ2n) is 5.03. The van der Waals surface area contributed by atoms with Crippen LogP contribution in [-0.2, 0) is 4.74 Å². The van der Waals surface area contributed by atoms with Gasteiger partial charge in [-0.2, -0.15) is 0 Å². The Kier molecular flexibility index (Phi) is 4.50. The number of hydrogen-bond donors (Lipinski definition) is 2. The molecule has 0 bridgehead atoms. The van der Waals surface area contributed by atoms with Crippen molar-refractivity contribution in [1.82, 2.24) is 5.48 Å². The van der Waals surface area contributed by atoms with Gasteiger partial charge in [0.25, 0.3) is 5.91 Å². The average Bonchev–Trinajstić information content (AvgIpc) is 2.35. The molecular weight excluding hydrogens is 248 g/mol. The molecule has 0 radical (unpaired) electrons. The van der Waals surface area contributed by atoms with Gasteiger partial charge in [-0.3, -0.25) is 14.9 Å². The molecule has 104 valence electrons. The average molecular weight is 266 g/mol. The molecule has 0 aliphatic heterocycles. The van der Waals surface area contributed by atoms with Crippen molar-refractivity contribution in [3.8, 4) is 0 Å². The molecule has 0 saturated carbocycles. The van der Waals surface area contributed by atoms with E-state index in [0.29, 0.717) is 5.69 Å². The van der Waals surface area contributed by atoms with E-state index in [1.165, 1.54) is 17.0 Å². The molecule has 1 rings (SSSR count). The molecule has 0 fully saturated rings. The summed E-state index contributed by atoms with van der Waals surface area (Å²) in [6, 6.07) is 6.28. The highest BCUT2D eigenvalue weighted by Crippen LogP contribution is 2.18. The third-order valence-electron chi connectivity index (χ3n) is 2.26. The fourth-order valence-electron chi connectivity index (χ4n) is 1.36. The van der Waals surface area contributed by atoms with Crippen molar-refractivity contribution in [3.63, 3.8) is 0 Å². The monoisotopic (exact) mass is 266 g/mol. The van der Waals surface area contributed by atoms with E-state index in [9.17, 15) is 9.59 Å². The quantitative estimate of drug-likeness (QED) is 0.635. The fraction of sp³-hybridized carbons (Fsp3) is 0.385. The lowest BCUT2D eigenvalue weighted by Crippen LogP contribution is -2.34. The van der Waals surface area contributed by atoms with Gasteiger partial charge in [-0.1, -0.05) is 6.07 Å². The molecule has 0 atom stereocenters. The molecule has 6 heteroatoms. The molecular formula is C13H18N2O4. The first-order valence-corrected chi connectivity index (χ1v) is 5.76. The molecule has 2 N–H and O–H groups in total. The first-order valence-electron chi connectivity index (χ1n) is 5.76. The second kappa shape index (κ2) is 5.71. The Morgan fingerprint density at radius 2 is 1.95 bits per heavy atom. The zero-order valence-electron chi connectivity index (χ0n) is 11.4. The molecule has 1 aromatic carbocycles. The number of nitrogens with zero attached hydrogens (tertiary/aromatic N) is 1. The van der Waals surface area contributed by atoms with Gasteiger partial charge in [0.15, 0.2) is 0 Å². The minimum atomic E-state index is -0.639. The standard InChI is InChI=1S/C13H18N2O4/c1-13(2,3)19-12(17)15(4)10-7-5-6-9(8-10)11(16)14-18/h5-8,18H,1-4H3,(H,14,16). The normalized spacial score (nSPS) is 10.8. The summed E-state index contributed by atoms with van der Waals surface area (Å²) in [7, 11) is 1.55. The predicted octanol–water partition coefficient (Wildman–Crippen LogP) is 2.18. The topological polar surface area (TPSA) is 78.9 Å². The van der Waals surface area contributed by atoms with Gasteiger partial charge in [-0.25, -0.2) is 10.3 Å². The summed E-state index contributed by atoms with van der Waals surface area (Å²) in [5.74, 6) is -0.639. The van der Waals surface area contributed by atoms with E-state index in [2.05, 4.69) is 0 Å². The number of ether oxygens (including phenoxy) is 1. The smallest absolute Gasteiger partial charge is 0.414 e. The van der Waals surface area contributed by atoms with Crippen LogP contribution in [0.5, 0.6) is 0 Å². The van der Waals surface area contributed by atoms with Crippen molar-refractivity contribution >= 4 is 17.7 Å². The Labute approximate surface area is 111 Å². The van der Waals surface area contributed by atoms with E-state index >= 15 is 0 Å². The largest absolute Gasteiger partial charge is 0.443 e. The number of carbonyl (C=O) groups is 2. The van der Waals surface area contributed by atoms with E-state index in [0.717, 1.165) is 0 Å². The zero-order valence-corrected chi connectivity index (χ0v) is 11.4. The van der Waals surface area contributed by atoms with Crippen molar-refractivity contribution in [2.75, 3.05) is 11.9 Å². The van der Waals surface area contributed by atoms with Crippen LogP contribution < -0.4 is 10.4 Å². The van der Waals surface area contributed by atoms with E-state index in [1.807, 2.05) is 0 Å². The van der Waals surface area contributed by atoms with Crippen LogP contribution in [0.1, 0.15) is 31.1 Å². The molecule has 0 saturated heterocycles. The Balaban J connectivity index is 2.91. The minimum absolute atomic E-state index is 0.246. The first-order chi connectivity index (χ1) is 8.74. The Morgan fingerprint density at radius 1 is 1.32 bits per heavy atom. The summed E-state index contributed by atoms with van der Waals surface area (Å²) in [6.07, 6.45) is -0.519. The maximum atomic E-state index is 11.9. The molecule has 0 spiro atoms. The van der Waals surface area contributed by atoms with Crippen molar-refractivity contribution in [2.24, 2.45) is 0 Å². The molecule has 6 nitrogen and oxygen atoms in total. The van der Waals surface area contributed by atoms with Crippen molar-refractivity contribution < 1.29 is 19.5 Å². The van der Waals surface area contributed by atoms with Crippen molar-refractivity contribution in [3.05, 3.63) is 29.8 Å². The van der Waals surface area contributed by atoms with E-state index in [-0.39, 0.29) is 5.56 Å². The van der Waals surface area contributed by atoms with E-state index in [1.54, 1.807) is 45.4 Å². The summed E-state index contributed by atoms with van der Waals surface area (Å²) < 4.78 is 5.22. The Bertz CT molecular complexity index is 480. The Hall–Kier alpha value is -2.08. The lowest BCUT2D eigenvalue weighted by Gasteiger charge is -2.24. The summed E-state index contributed by atoms with van der Waals surface area (Å²) in [6.45, 7) is 5.32. The zero-order chi connectivity index (χ0) is 14.6. The minimum Gasteiger partial charge on any atom is -0.443 e. The van der Waals surface area contributed by atoms with Gasteiger partial charge in [0.05, 0.1) is 0 Å². The van der Waals surface area contributed by atoms with Gasteiger partial charge in [0.1, 0.15) is 5.60 Å². The number of nitrogens with one attached hydrogen (secondary N) is 1. The third kappa shape index (κ3) is 4.26. The van der Waals surface area contributed by atoms with Crippen LogP contribution in [0.3, 0.4) is 0 Å². The number of benzene rings is 1. The second-order valence-corrected chi connectivity index (χ2v) is 5.03. The van der Waals surface area contributed by atoms with Gasteiger partial charge in [0, 0.05) is 18.3 Å². The summed E-state index contributed by atoms with van der Waals surface area (Å²) in [4.78, 5) is 24.4. The molecule has 19 heavy (non-hydrogen) atoms. The van der Waals surface area contributed by atoms with Gasteiger partial charge >= 0.3 is 6.09 Å². The van der Waals surface area contributed by atoms with Crippen LogP contribution in [0.15, 0.2) is 24.3 Å². The van der Waals surface area contributed by atoms with Gasteiger partial charge < -0.3 is 4.74 Å². The lowest BCUT2D eigenvalue weighted by atomic mass is 10.2. The molecule has 0 aromatic heterocycles. The SMILES string of the molecule is CN(C(=O)OC(C)(C)C)c1cccc(C(=O)NO)c1. The summed E-state index contributed by atoms with van der Waals surface area (Å²) in [5, 5.41) is 8.57. The fourth-order valence-corrected chi connectivity index (χ4v) is 1.36. The molecule has 2 amide bonds. The maximum absolute atomic E-state index is 11.9. The van der Waals surface area contributed by atoms with Crippen LogP contribution >= 0.6 is 0 Å². The number of hydroxylamine groups is 1. The van der Waals surface area contributed by atoms with Crippen LogP contribution in [0.4, 0.5) is 10.5 Å². The van der Waals surface area contributed by atoms with Gasteiger partial charge in [-0.05, 0) is 39.0 Å². The van der Waals surface area contributed by atoms with Gasteiger partial charge in [0.2, 0.25) is 0 Å². The van der Waals surface area contributed by atoms with E-state index in [4.69, 9.17) is 9.94 Å². The van der Waals surface area contributed by atoms with Gasteiger partial charge in [-0.15, -0.1) is 0 Å². The predicted molar refractivity (Wildman–Crippen MR) is 70.3 cm³/mol. The molecule has 0 unspecified atom stereocenters. The van der Waals surface area contributed by atoms with E-state index < -0.39 is 17.6 Å². The van der Waals surface area contributed by atoms with Crippen molar-refractivity contribution in [2.45, 2.75) is 26.4 Å². The Morgan fingerprint density at radius 3 is 2.47 bits per heavy atom. The van der Waals surface area contributed by atoms with Crippen molar-refractivity contribution in [1.29, 1.82) is 0 Å². The number of anilines is 1. The van der Waals surface area contributed by atoms with Crippen LogP contribution in [0.2, 0.25) is 0 Å². The molecule has 0 heterocycles. The molecule has 0 aliphatic rings. The molecule has 1 aromatic rings. The number of carbonyl (C=O) groups excluding carboxylic acids is 2. The maximum Gasteiger partial charge on any atom is 0.414 e. The van der Waals surface area contributed by atoms with Crippen LogP contribution in [0.25, 0.3) is 0 Å². The highest BCUT2D eigenvalue weighted by Gasteiger charge is 2.21. The summed E-state index contributed by atoms with van der Waals surface area (Å²) in [5.41, 5.74) is 1.69. The highest BCUT2D eigenvalue weighted by atomic mass is 16.6. The number of rotatable bonds is 2. The van der Waals surface area contributed by atoms with Crippen LogP contribution in [0, 0.1) is 0 Å².